The molecule has 1 N–H and O–H groups in total. The van der Waals surface area contributed by atoms with Crippen LogP contribution in [0.2, 0.25) is 0 Å². The van der Waals surface area contributed by atoms with E-state index < -0.39 is 0 Å². The number of rotatable bonds is 2. The van der Waals surface area contributed by atoms with E-state index in [9.17, 15) is 0 Å². The molecule has 20 heavy (non-hydrogen) atoms. The van der Waals surface area contributed by atoms with E-state index in [0.717, 1.165) is 12.8 Å². The average Bonchev–Trinajstić information content (AvgIpc) is 2.70. The van der Waals surface area contributed by atoms with Gasteiger partial charge in [0.25, 0.3) is 0 Å². The molecule has 1 aromatic rings. The lowest BCUT2D eigenvalue weighted by molar-refractivity contribution is 0.496. The van der Waals surface area contributed by atoms with Crippen molar-refractivity contribution in [1.82, 2.24) is 5.32 Å². The fourth-order valence-electron chi connectivity index (χ4n) is 3.34. The average molecular weight is 265 g/mol. The van der Waals surface area contributed by atoms with Gasteiger partial charge in [0.15, 0.2) is 0 Å². The molecule has 0 fully saturated rings. The first-order valence-corrected chi connectivity index (χ1v) is 7.62. The van der Waals surface area contributed by atoms with Gasteiger partial charge < -0.3 is 5.32 Å². The summed E-state index contributed by atoms with van der Waals surface area (Å²) in [6, 6.07) is 7.45. The van der Waals surface area contributed by atoms with Crippen molar-refractivity contribution < 1.29 is 0 Å². The number of nitrogens with one attached hydrogen (secondary N) is 1. The number of benzene rings is 1. The first-order valence-electron chi connectivity index (χ1n) is 7.62. The van der Waals surface area contributed by atoms with Gasteiger partial charge in [-0.1, -0.05) is 42.5 Å². The molecule has 0 saturated carbocycles. The van der Waals surface area contributed by atoms with Gasteiger partial charge in [-0.15, -0.1) is 0 Å². The summed E-state index contributed by atoms with van der Waals surface area (Å²) in [5.74, 6) is 0. The van der Waals surface area contributed by atoms with Crippen LogP contribution < -0.4 is 5.32 Å². The smallest absolute Gasteiger partial charge is 0.0108 e. The molecule has 2 aliphatic rings. The Morgan fingerprint density at radius 1 is 1.15 bits per heavy atom. The monoisotopic (exact) mass is 265 g/mol. The SMILES string of the molecule is CNC1CCc2c(cccc2C2=C(C)C=CCC=C2)C1. The molecule has 1 nitrogen and oxygen atoms in total. The lowest BCUT2D eigenvalue weighted by Gasteiger charge is -2.26. The summed E-state index contributed by atoms with van der Waals surface area (Å²) in [6.45, 7) is 2.22. The van der Waals surface area contributed by atoms with Gasteiger partial charge in [-0.2, -0.15) is 0 Å². The van der Waals surface area contributed by atoms with Crippen molar-refractivity contribution in [1.29, 1.82) is 0 Å². The summed E-state index contributed by atoms with van der Waals surface area (Å²) >= 11 is 0. The Labute approximate surface area is 122 Å². The lowest BCUT2D eigenvalue weighted by Crippen LogP contribution is -2.31. The van der Waals surface area contributed by atoms with Crippen LogP contribution in [0.25, 0.3) is 5.57 Å². The van der Waals surface area contributed by atoms with E-state index in [1.807, 2.05) is 0 Å². The fourth-order valence-corrected chi connectivity index (χ4v) is 3.34. The molecule has 0 spiro atoms. The molecule has 1 unspecified atom stereocenters. The van der Waals surface area contributed by atoms with Crippen LogP contribution in [-0.4, -0.2) is 13.1 Å². The number of allylic oxidation sites excluding steroid dienone is 6. The maximum Gasteiger partial charge on any atom is 0.0108 e. The molecule has 0 aliphatic heterocycles. The van der Waals surface area contributed by atoms with E-state index in [2.05, 4.69) is 61.8 Å². The first-order chi connectivity index (χ1) is 9.79. The van der Waals surface area contributed by atoms with Crippen molar-refractivity contribution in [2.24, 2.45) is 0 Å². The predicted octanol–water partition coefficient (Wildman–Crippen LogP) is 4.05. The zero-order valence-corrected chi connectivity index (χ0v) is 12.4. The van der Waals surface area contributed by atoms with Crippen LogP contribution in [0.1, 0.15) is 36.5 Å². The largest absolute Gasteiger partial charge is 0.317 e. The minimum absolute atomic E-state index is 0.636. The van der Waals surface area contributed by atoms with Crippen molar-refractivity contribution >= 4 is 5.57 Å². The molecule has 1 heteroatoms. The Hall–Kier alpha value is -1.60. The summed E-state index contributed by atoms with van der Waals surface area (Å²) in [4.78, 5) is 0. The maximum absolute atomic E-state index is 3.43. The first kappa shape index (κ1) is 13.4. The zero-order valence-electron chi connectivity index (χ0n) is 12.4. The van der Waals surface area contributed by atoms with E-state index in [4.69, 9.17) is 0 Å². The van der Waals surface area contributed by atoms with Gasteiger partial charge in [0.05, 0.1) is 0 Å². The Morgan fingerprint density at radius 3 is 2.85 bits per heavy atom. The Balaban J connectivity index is 2.06. The number of hydrogen-bond acceptors (Lipinski definition) is 1. The molecular formula is C19H23N. The molecule has 1 aromatic carbocycles. The van der Waals surface area contributed by atoms with Crippen LogP contribution in [0.3, 0.4) is 0 Å². The molecular weight excluding hydrogens is 242 g/mol. The molecule has 0 amide bonds. The normalized spacial score (nSPS) is 21.8. The number of fused-ring (bicyclic) bond motifs is 1. The zero-order chi connectivity index (χ0) is 13.9. The third kappa shape index (κ3) is 2.51. The second-order valence-corrected chi connectivity index (χ2v) is 5.81. The summed E-state index contributed by atoms with van der Waals surface area (Å²) < 4.78 is 0. The van der Waals surface area contributed by atoms with Crippen molar-refractivity contribution in [3.8, 4) is 0 Å². The van der Waals surface area contributed by atoms with E-state index >= 15 is 0 Å². The van der Waals surface area contributed by atoms with Gasteiger partial charge in [-0.05, 0) is 67.5 Å². The quantitative estimate of drug-likeness (QED) is 0.850. The molecule has 1 atom stereocenters. The van der Waals surface area contributed by atoms with Gasteiger partial charge in [0, 0.05) is 6.04 Å². The Kier molecular flexibility index (Phi) is 3.88. The molecule has 2 aliphatic carbocycles. The minimum atomic E-state index is 0.636. The van der Waals surface area contributed by atoms with Crippen LogP contribution in [0, 0.1) is 0 Å². The van der Waals surface area contributed by atoms with Crippen LogP contribution in [0.4, 0.5) is 0 Å². The number of hydrogen-bond donors (Lipinski definition) is 1. The molecule has 104 valence electrons. The summed E-state index contributed by atoms with van der Waals surface area (Å²) in [5, 5.41) is 3.43. The minimum Gasteiger partial charge on any atom is -0.317 e. The topological polar surface area (TPSA) is 12.0 Å². The van der Waals surface area contributed by atoms with Gasteiger partial charge in [-0.25, -0.2) is 0 Å². The Bertz CT molecular complexity index is 590. The van der Waals surface area contributed by atoms with E-state index in [-0.39, 0.29) is 0 Å². The highest BCUT2D eigenvalue weighted by atomic mass is 14.9. The summed E-state index contributed by atoms with van der Waals surface area (Å²) in [7, 11) is 2.07. The van der Waals surface area contributed by atoms with Crippen molar-refractivity contribution in [3.63, 3.8) is 0 Å². The van der Waals surface area contributed by atoms with Crippen LogP contribution >= 0.6 is 0 Å². The molecule has 0 aromatic heterocycles. The van der Waals surface area contributed by atoms with Gasteiger partial charge >= 0.3 is 0 Å². The standard InChI is InChI=1S/C19H23N/c1-14-7-4-3-5-9-17(14)19-10-6-8-15-13-16(20-2)11-12-18(15)19/h4-10,16,20H,3,11-13H2,1-2H3. The third-order valence-electron chi connectivity index (χ3n) is 4.53. The van der Waals surface area contributed by atoms with Gasteiger partial charge in [0.1, 0.15) is 0 Å². The predicted molar refractivity (Wildman–Crippen MR) is 86.8 cm³/mol. The van der Waals surface area contributed by atoms with E-state index in [1.165, 1.54) is 35.1 Å². The highest BCUT2D eigenvalue weighted by Crippen LogP contribution is 2.32. The van der Waals surface area contributed by atoms with Crippen molar-refractivity contribution in [3.05, 3.63) is 64.8 Å². The maximum atomic E-state index is 3.43. The van der Waals surface area contributed by atoms with Crippen LogP contribution in [0.15, 0.2) is 48.1 Å². The summed E-state index contributed by atoms with van der Waals surface area (Å²) in [5.41, 5.74) is 7.31. The molecule has 0 bridgehead atoms. The van der Waals surface area contributed by atoms with Gasteiger partial charge in [0.2, 0.25) is 0 Å². The van der Waals surface area contributed by atoms with Crippen molar-refractivity contribution in [2.75, 3.05) is 7.05 Å². The van der Waals surface area contributed by atoms with Gasteiger partial charge in [-0.3, -0.25) is 0 Å². The fraction of sp³-hybridized carbons (Fsp3) is 0.368. The summed E-state index contributed by atoms with van der Waals surface area (Å²) in [6.07, 6.45) is 13.7. The highest BCUT2D eigenvalue weighted by molar-refractivity contribution is 5.81. The third-order valence-corrected chi connectivity index (χ3v) is 4.53. The second-order valence-electron chi connectivity index (χ2n) is 5.81. The molecule has 0 radical (unpaired) electrons. The second kappa shape index (κ2) is 5.80. The van der Waals surface area contributed by atoms with E-state index in [1.54, 1.807) is 5.56 Å². The van der Waals surface area contributed by atoms with Crippen molar-refractivity contribution in [2.45, 2.75) is 38.6 Å². The highest BCUT2D eigenvalue weighted by Gasteiger charge is 2.20. The molecule has 3 rings (SSSR count). The van der Waals surface area contributed by atoms with Crippen LogP contribution in [-0.2, 0) is 12.8 Å². The van der Waals surface area contributed by atoms with Crippen LogP contribution in [0.5, 0.6) is 0 Å². The Morgan fingerprint density at radius 2 is 2.00 bits per heavy atom. The molecule has 0 heterocycles. The van der Waals surface area contributed by atoms with E-state index in [0.29, 0.717) is 6.04 Å². The number of likely N-dealkylation sites (N-methyl/N-ethyl adjacent to an activating group) is 1. The lowest BCUT2D eigenvalue weighted by atomic mass is 9.82. The molecule has 0 saturated heterocycles.